The number of carbonyl (C=O) groups is 4. The molecule has 1 heterocycles. The lowest BCUT2D eigenvalue weighted by Crippen LogP contribution is -2.32. The zero-order valence-corrected chi connectivity index (χ0v) is 18.5. The van der Waals surface area contributed by atoms with Crippen molar-refractivity contribution >= 4 is 33.9 Å². The Morgan fingerprint density at radius 1 is 0.939 bits per heavy atom. The largest absolute Gasteiger partial charge is 0.459 e. The number of amides is 2. The molecule has 2 aromatic rings. The van der Waals surface area contributed by atoms with Crippen LogP contribution in [0.4, 0.5) is 0 Å². The van der Waals surface area contributed by atoms with Crippen molar-refractivity contribution in [3.8, 4) is 0 Å². The van der Waals surface area contributed by atoms with Gasteiger partial charge in [-0.1, -0.05) is 24.3 Å². The second-order valence-electron chi connectivity index (χ2n) is 7.06. The Kier molecular flexibility index (Phi) is 6.75. The number of rotatable bonds is 8. The fourth-order valence-electron chi connectivity index (χ4n) is 2.73. The van der Waals surface area contributed by atoms with E-state index in [1.165, 1.54) is 43.3 Å². The first kappa shape index (κ1) is 23.8. The molecule has 0 saturated heterocycles. The maximum absolute atomic E-state index is 12.6. The van der Waals surface area contributed by atoms with Crippen LogP contribution in [0.3, 0.4) is 0 Å². The van der Waals surface area contributed by atoms with Gasteiger partial charge < -0.3 is 9.47 Å². The van der Waals surface area contributed by atoms with E-state index in [9.17, 15) is 27.6 Å². The highest BCUT2D eigenvalue weighted by molar-refractivity contribution is 7.86. The van der Waals surface area contributed by atoms with Crippen molar-refractivity contribution < 1.29 is 41.4 Å². The summed E-state index contributed by atoms with van der Waals surface area (Å²) in [6.45, 7) is 6.21. The van der Waals surface area contributed by atoms with Gasteiger partial charge in [0, 0.05) is 5.57 Å². The Hall–Kier alpha value is -3.83. The van der Waals surface area contributed by atoms with Gasteiger partial charge in [-0.25, -0.2) is 9.59 Å². The van der Waals surface area contributed by atoms with Crippen molar-refractivity contribution in [3.05, 3.63) is 76.9 Å². The fraction of sp³-hybridized carbons (Fsp3) is 0.182. The van der Waals surface area contributed by atoms with Crippen molar-refractivity contribution in [2.75, 3.05) is 13.2 Å². The Balaban J connectivity index is 1.70. The van der Waals surface area contributed by atoms with Gasteiger partial charge in [-0.05, 0) is 44.2 Å². The molecule has 0 N–H and O–H groups in total. The third-order valence-electron chi connectivity index (χ3n) is 4.47. The molecule has 10 nitrogen and oxygen atoms in total. The molecule has 11 heteroatoms. The minimum Gasteiger partial charge on any atom is -0.459 e. The molecule has 0 spiro atoms. The van der Waals surface area contributed by atoms with E-state index in [1.807, 2.05) is 0 Å². The molecule has 2 aromatic carbocycles. The van der Waals surface area contributed by atoms with Crippen LogP contribution in [0, 0.1) is 6.92 Å². The first-order valence-corrected chi connectivity index (χ1v) is 11.0. The highest BCUT2D eigenvalue weighted by Gasteiger charge is 2.40. The van der Waals surface area contributed by atoms with Crippen molar-refractivity contribution in [1.82, 2.24) is 5.06 Å². The van der Waals surface area contributed by atoms with Gasteiger partial charge in [-0.2, -0.15) is 8.42 Å². The van der Waals surface area contributed by atoms with Gasteiger partial charge in [0.25, 0.3) is 11.8 Å². The van der Waals surface area contributed by atoms with E-state index in [4.69, 9.17) is 13.8 Å². The van der Waals surface area contributed by atoms with Crippen LogP contribution >= 0.6 is 0 Å². The third-order valence-corrected chi connectivity index (χ3v) is 5.66. The van der Waals surface area contributed by atoms with Gasteiger partial charge in [0.1, 0.15) is 13.2 Å². The minimum atomic E-state index is -4.45. The number of imide groups is 1. The molecule has 1 aliphatic heterocycles. The van der Waals surface area contributed by atoms with Crippen LogP contribution in [0.25, 0.3) is 0 Å². The molecule has 172 valence electrons. The summed E-state index contributed by atoms with van der Waals surface area (Å²) in [6.07, 6.45) is 0. The van der Waals surface area contributed by atoms with E-state index in [2.05, 4.69) is 6.58 Å². The molecule has 0 bridgehead atoms. The molecular weight excluding hydrogens is 454 g/mol. The number of ether oxygens (including phenoxy) is 2. The predicted molar refractivity (Wildman–Crippen MR) is 112 cm³/mol. The number of esters is 2. The lowest BCUT2D eigenvalue weighted by Gasteiger charge is -2.13. The number of carbonyl (C=O) groups excluding carboxylic acids is 4. The van der Waals surface area contributed by atoms with Crippen LogP contribution in [0.1, 0.15) is 43.6 Å². The number of hydrogen-bond acceptors (Lipinski definition) is 9. The lowest BCUT2D eigenvalue weighted by atomic mass is 10.1. The van der Waals surface area contributed by atoms with Gasteiger partial charge in [0.15, 0.2) is 0 Å². The van der Waals surface area contributed by atoms with Crippen molar-refractivity contribution in [2.24, 2.45) is 0 Å². The maximum Gasteiger partial charge on any atom is 0.338 e. The summed E-state index contributed by atoms with van der Waals surface area (Å²) in [5, 5.41) is 0.131. The monoisotopic (exact) mass is 473 g/mol. The highest BCUT2D eigenvalue weighted by Crippen LogP contribution is 2.27. The number of hydrogen-bond donors (Lipinski definition) is 0. The summed E-state index contributed by atoms with van der Waals surface area (Å²) in [4.78, 5) is 48.4. The molecule has 1 aliphatic rings. The second-order valence-corrected chi connectivity index (χ2v) is 8.59. The molecule has 0 aromatic heterocycles. The SMILES string of the molecule is C=C(C)C(=O)OCCOC(=O)c1ccc2c(c1)C(=O)N(OS(=O)(=O)c1ccc(C)cc1)C2=O. The van der Waals surface area contributed by atoms with E-state index in [0.717, 1.165) is 11.6 Å². The van der Waals surface area contributed by atoms with E-state index in [0.29, 0.717) is 0 Å². The quantitative estimate of drug-likeness (QED) is 0.245. The number of benzene rings is 2. The normalized spacial score (nSPS) is 13.0. The van der Waals surface area contributed by atoms with E-state index in [1.54, 1.807) is 6.92 Å². The summed E-state index contributed by atoms with van der Waals surface area (Å²) < 4.78 is 39.5. The summed E-state index contributed by atoms with van der Waals surface area (Å²) in [7, 11) is -4.45. The lowest BCUT2D eigenvalue weighted by molar-refractivity contribution is -0.140. The van der Waals surface area contributed by atoms with E-state index >= 15 is 0 Å². The van der Waals surface area contributed by atoms with Crippen LogP contribution in [0.2, 0.25) is 0 Å². The Morgan fingerprint density at radius 2 is 1.55 bits per heavy atom. The smallest absolute Gasteiger partial charge is 0.338 e. The molecular formula is C22H19NO9S. The predicted octanol–water partition coefficient (Wildman–Crippen LogP) is 2.19. The third kappa shape index (κ3) is 5.16. The van der Waals surface area contributed by atoms with Crippen LogP contribution in [0.5, 0.6) is 0 Å². The molecule has 33 heavy (non-hydrogen) atoms. The summed E-state index contributed by atoms with van der Waals surface area (Å²) in [6, 6.07) is 9.17. The summed E-state index contributed by atoms with van der Waals surface area (Å²) in [5.41, 5.74) is 0.583. The summed E-state index contributed by atoms with van der Waals surface area (Å²) >= 11 is 0. The second kappa shape index (κ2) is 9.35. The van der Waals surface area contributed by atoms with E-state index < -0.39 is 33.9 Å². The van der Waals surface area contributed by atoms with Gasteiger partial charge in [0.05, 0.1) is 21.6 Å². The van der Waals surface area contributed by atoms with Crippen molar-refractivity contribution in [3.63, 3.8) is 0 Å². The fourth-order valence-corrected chi connectivity index (χ4v) is 3.62. The number of nitrogens with zero attached hydrogens (tertiary/aromatic N) is 1. The standard InChI is InChI=1S/C22H19NO9S/c1-13(2)21(26)30-10-11-31-22(27)15-6-9-17-18(12-15)20(25)23(19(17)24)32-33(28,29)16-7-4-14(3)5-8-16/h4-9,12H,1,10-11H2,2-3H3. The Labute approximate surface area is 189 Å². The zero-order valence-electron chi connectivity index (χ0n) is 17.7. The molecule has 0 unspecified atom stereocenters. The van der Waals surface area contributed by atoms with Crippen LogP contribution in [0.15, 0.2) is 59.5 Å². The first-order valence-electron chi connectivity index (χ1n) is 9.55. The molecule has 0 radical (unpaired) electrons. The van der Waals surface area contributed by atoms with Crippen molar-refractivity contribution in [1.29, 1.82) is 0 Å². The number of hydroxylamine groups is 2. The van der Waals surface area contributed by atoms with Crippen LogP contribution in [-0.2, 0) is 28.7 Å². The molecule has 0 fully saturated rings. The average molecular weight is 473 g/mol. The van der Waals surface area contributed by atoms with Gasteiger partial charge in [-0.3, -0.25) is 9.59 Å². The summed E-state index contributed by atoms with van der Waals surface area (Å²) in [5.74, 6) is -3.50. The minimum absolute atomic E-state index is 0.0654. The maximum atomic E-state index is 12.6. The Bertz CT molecular complexity index is 1260. The Morgan fingerprint density at radius 3 is 2.18 bits per heavy atom. The van der Waals surface area contributed by atoms with Crippen LogP contribution < -0.4 is 0 Å². The number of aryl methyl sites for hydroxylation is 1. The first-order chi connectivity index (χ1) is 15.5. The van der Waals surface area contributed by atoms with Gasteiger partial charge >= 0.3 is 22.1 Å². The van der Waals surface area contributed by atoms with Crippen molar-refractivity contribution in [2.45, 2.75) is 18.7 Å². The van der Waals surface area contributed by atoms with Crippen LogP contribution in [-0.4, -0.2) is 50.4 Å². The van der Waals surface area contributed by atoms with E-state index in [-0.39, 0.29) is 45.4 Å². The molecule has 0 aliphatic carbocycles. The van der Waals surface area contributed by atoms with Gasteiger partial charge in [-0.15, -0.1) is 9.35 Å². The van der Waals surface area contributed by atoms with Gasteiger partial charge in [0.2, 0.25) is 0 Å². The molecule has 2 amide bonds. The molecule has 3 rings (SSSR count). The molecule has 0 saturated carbocycles. The molecule has 0 atom stereocenters. The topological polar surface area (TPSA) is 133 Å². The highest BCUT2D eigenvalue weighted by atomic mass is 32.2. The zero-order chi connectivity index (χ0) is 24.3. The number of fused-ring (bicyclic) bond motifs is 1. The average Bonchev–Trinajstić information content (AvgIpc) is 3.00.